The van der Waals surface area contributed by atoms with Crippen LogP contribution in [-0.4, -0.2) is 11.0 Å². The van der Waals surface area contributed by atoms with Crippen LogP contribution in [0.4, 0.5) is 0 Å². The lowest BCUT2D eigenvalue weighted by Gasteiger charge is -2.00. The van der Waals surface area contributed by atoms with Gasteiger partial charge < -0.3 is 5.11 Å². The van der Waals surface area contributed by atoms with E-state index in [1.165, 1.54) is 6.07 Å². The highest BCUT2D eigenvalue weighted by atomic mass is 16.3. The number of hydrogen-bond acceptors (Lipinski definition) is 3. The van der Waals surface area contributed by atoms with Crippen LogP contribution in [-0.2, 0) is 4.79 Å². The number of amides is 1. The smallest absolute Gasteiger partial charge is 0.295 e. The van der Waals surface area contributed by atoms with Crippen LogP contribution in [0, 0.1) is 0 Å². The third-order valence-corrected chi connectivity index (χ3v) is 1.71. The van der Waals surface area contributed by atoms with Gasteiger partial charge in [-0.2, -0.15) is 0 Å². The standard InChI is InChI=1S/C9H6N2O2/c1-5-9(13)11-8-6(10-5)3-2-4-7(8)12/h2-4,12H,1H2. The Morgan fingerprint density at radius 2 is 2.08 bits per heavy atom. The normalized spacial score (nSPS) is 14.5. The molecule has 4 nitrogen and oxygen atoms in total. The Hall–Kier alpha value is -1.97. The minimum absolute atomic E-state index is 0.0397. The number of carbonyl (C=O) groups is 1. The molecule has 0 aliphatic carbocycles. The van der Waals surface area contributed by atoms with Crippen molar-refractivity contribution in [2.75, 3.05) is 0 Å². The lowest BCUT2D eigenvalue weighted by atomic mass is 10.3. The Morgan fingerprint density at radius 1 is 1.31 bits per heavy atom. The van der Waals surface area contributed by atoms with E-state index >= 15 is 0 Å². The van der Waals surface area contributed by atoms with E-state index in [1.54, 1.807) is 12.1 Å². The number of hydrogen-bond donors (Lipinski definition) is 1. The number of nitrogens with zero attached hydrogens (tertiary/aromatic N) is 2. The molecule has 64 valence electrons. The molecule has 0 atom stereocenters. The zero-order valence-corrected chi connectivity index (χ0v) is 6.69. The fraction of sp³-hybridized carbons (Fsp3) is 0. The number of phenolic OH excluding ortho intramolecular Hbond substituents is 1. The van der Waals surface area contributed by atoms with Gasteiger partial charge in [0.05, 0.1) is 5.36 Å². The summed E-state index contributed by atoms with van der Waals surface area (Å²) in [6, 6.07) is 4.76. The van der Waals surface area contributed by atoms with Crippen molar-refractivity contribution in [3.63, 3.8) is 0 Å². The molecule has 0 bridgehead atoms. The van der Waals surface area contributed by atoms with Crippen molar-refractivity contribution >= 4 is 5.91 Å². The largest absolute Gasteiger partial charge is 0.506 e. The lowest BCUT2D eigenvalue weighted by molar-refractivity contribution is -0.114. The molecule has 2 rings (SSSR count). The molecule has 0 saturated carbocycles. The molecule has 1 aliphatic heterocycles. The number of para-hydroxylation sites is 1. The molecule has 0 aromatic heterocycles. The van der Waals surface area contributed by atoms with Crippen LogP contribution in [0.5, 0.6) is 5.75 Å². The number of benzene rings is 1. The third kappa shape index (κ3) is 1.12. The number of carbonyl (C=O) groups excluding carboxylic acids is 1. The van der Waals surface area contributed by atoms with Crippen LogP contribution in [0.25, 0.3) is 0 Å². The Morgan fingerprint density at radius 3 is 2.85 bits per heavy atom. The molecule has 13 heavy (non-hydrogen) atoms. The minimum atomic E-state index is -0.506. The molecular formula is C9H6N2O2. The molecule has 0 unspecified atom stereocenters. The van der Waals surface area contributed by atoms with E-state index in [2.05, 4.69) is 16.6 Å². The molecule has 0 fully saturated rings. The van der Waals surface area contributed by atoms with Crippen LogP contribution in [0.1, 0.15) is 0 Å². The van der Waals surface area contributed by atoms with Gasteiger partial charge in [0.15, 0.2) is 0 Å². The molecule has 0 saturated heterocycles. The summed E-state index contributed by atoms with van der Waals surface area (Å²) < 4.78 is 0. The molecule has 1 aromatic carbocycles. The molecule has 0 radical (unpaired) electrons. The fourth-order valence-corrected chi connectivity index (χ4v) is 1.08. The van der Waals surface area contributed by atoms with Crippen molar-refractivity contribution in [2.45, 2.75) is 0 Å². The van der Waals surface area contributed by atoms with Gasteiger partial charge >= 0.3 is 0 Å². The number of phenols is 1. The Kier molecular flexibility index (Phi) is 1.48. The predicted molar refractivity (Wildman–Crippen MR) is 44.6 cm³/mol. The summed E-state index contributed by atoms with van der Waals surface area (Å²) in [6.45, 7) is 3.43. The first kappa shape index (κ1) is 7.67. The van der Waals surface area contributed by atoms with E-state index in [4.69, 9.17) is 0 Å². The minimum Gasteiger partial charge on any atom is -0.506 e. The van der Waals surface area contributed by atoms with Crippen molar-refractivity contribution < 1.29 is 9.90 Å². The maximum absolute atomic E-state index is 11.0. The van der Waals surface area contributed by atoms with Crippen molar-refractivity contribution in [3.8, 4) is 5.75 Å². The van der Waals surface area contributed by atoms with Gasteiger partial charge in [-0.1, -0.05) is 12.6 Å². The van der Waals surface area contributed by atoms with E-state index < -0.39 is 5.91 Å². The highest BCUT2D eigenvalue weighted by Gasteiger charge is 2.10. The monoisotopic (exact) mass is 174 g/mol. The molecule has 4 heteroatoms. The summed E-state index contributed by atoms with van der Waals surface area (Å²) in [5.74, 6) is -0.545. The van der Waals surface area contributed by atoms with E-state index in [0.717, 1.165) is 0 Å². The van der Waals surface area contributed by atoms with Gasteiger partial charge in [-0.15, -0.1) is 0 Å². The molecule has 1 aromatic rings. The lowest BCUT2D eigenvalue weighted by Crippen LogP contribution is -2.30. The van der Waals surface area contributed by atoms with Crippen LogP contribution >= 0.6 is 0 Å². The summed E-state index contributed by atoms with van der Waals surface area (Å²) in [5, 5.41) is 10.0. The van der Waals surface area contributed by atoms with Crippen molar-refractivity contribution in [3.05, 3.63) is 41.2 Å². The van der Waals surface area contributed by atoms with Gasteiger partial charge in [-0.3, -0.25) is 4.79 Å². The van der Waals surface area contributed by atoms with Gasteiger partial charge in [0, 0.05) is 0 Å². The molecule has 1 amide bonds. The SMILES string of the molecule is C=C1N=c2cccc(O)c2=NC1=O. The second-order valence-electron chi connectivity index (χ2n) is 2.62. The average molecular weight is 174 g/mol. The second kappa shape index (κ2) is 2.52. The summed E-state index contributed by atoms with van der Waals surface area (Å²) in [7, 11) is 0. The first-order chi connectivity index (χ1) is 6.18. The van der Waals surface area contributed by atoms with E-state index in [0.29, 0.717) is 5.36 Å². The predicted octanol–water partition coefficient (Wildman–Crippen LogP) is -0.315. The Balaban J connectivity index is 2.92. The Bertz CT molecular complexity index is 517. The highest BCUT2D eigenvalue weighted by molar-refractivity contribution is 5.93. The van der Waals surface area contributed by atoms with Crippen LogP contribution in [0.3, 0.4) is 0 Å². The number of aromatic hydroxyl groups is 1. The second-order valence-corrected chi connectivity index (χ2v) is 2.62. The third-order valence-electron chi connectivity index (χ3n) is 1.71. The van der Waals surface area contributed by atoms with Crippen molar-refractivity contribution in [1.29, 1.82) is 0 Å². The van der Waals surface area contributed by atoms with Crippen LogP contribution in [0.2, 0.25) is 0 Å². The zero-order valence-electron chi connectivity index (χ0n) is 6.69. The number of rotatable bonds is 0. The zero-order chi connectivity index (χ0) is 9.42. The molecular weight excluding hydrogens is 168 g/mol. The van der Waals surface area contributed by atoms with Gasteiger partial charge in [0.1, 0.15) is 16.8 Å². The highest BCUT2D eigenvalue weighted by Crippen LogP contribution is 2.01. The van der Waals surface area contributed by atoms with Gasteiger partial charge in [-0.25, -0.2) is 9.98 Å². The van der Waals surface area contributed by atoms with E-state index in [9.17, 15) is 9.90 Å². The summed E-state index contributed by atoms with van der Waals surface area (Å²) in [5.41, 5.74) is 0.0955. The maximum Gasteiger partial charge on any atom is 0.295 e. The van der Waals surface area contributed by atoms with Gasteiger partial charge in [-0.05, 0) is 12.1 Å². The molecule has 0 spiro atoms. The quantitative estimate of drug-likeness (QED) is 0.548. The fourth-order valence-electron chi connectivity index (χ4n) is 1.08. The number of fused-ring (bicyclic) bond motifs is 1. The molecule has 1 heterocycles. The first-order valence-electron chi connectivity index (χ1n) is 3.67. The van der Waals surface area contributed by atoms with Gasteiger partial charge in [0.25, 0.3) is 5.91 Å². The van der Waals surface area contributed by atoms with Crippen LogP contribution < -0.4 is 10.7 Å². The summed E-state index contributed by atoms with van der Waals surface area (Å²) in [6.07, 6.45) is 0. The molecule has 1 aliphatic rings. The van der Waals surface area contributed by atoms with Gasteiger partial charge in [0.2, 0.25) is 0 Å². The maximum atomic E-state index is 11.0. The van der Waals surface area contributed by atoms with Crippen molar-refractivity contribution in [1.82, 2.24) is 0 Å². The van der Waals surface area contributed by atoms with E-state index in [-0.39, 0.29) is 16.8 Å². The average Bonchev–Trinajstić information content (AvgIpc) is 2.09. The molecule has 1 N–H and O–H groups in total. The summed E-state index contributed by atoms with van der Waals surface area (Å²) >= 11 is 0. The first-order valence-corrected chi connectivity index (χ1v) is 3.67. The summed E-state index contributed by atoms with van der Waals surface area (Å²) in [4.78, 5) is 18.6. The Labute approximate surface area is 73.6 Å². The van der Waals surface area contributed by atoms with E-state index in [1.807, 2.05) is 0 Å². The van der Waals surface area contributed by atoms with Crippen LogP contribution in [0.15, 0.2) is 40.5 Å². The van der Waals surface area contributed by atoms with Crippen molar-refractivity contribution in [2.24, 2.45) is 9.98 Å². The topological polar surface area (TPSA) is 62.0 Å².